The lowest BCUT2D eigenvalue weighted by Gasteiger charge is -2.18. The zero-order valence-corrected chi connectivity index (χ0v) is 22.7. The highest BCUT2D eigenvalue weighted by molar-refractivity contribution is 8.00. The highest BCUT2D eigenvalue weighted by Crippen LogP contribution is 2.37. The number of esters is 1. The Bertz CT molecular complexity index is 1460. The Morgan fingerprint density at radius 2 is 1.55 bits per heavy atom. The van der Waals surface area contributed by atoms with Gasteiger partial charge in [-0.2, -0.15) is 0 Å². The predicted molar refractivity (Wildman–Crippen MR) is 156 cm³/mol. The van der Waals surface area contributed by atoms with Gasteiger partial charge in [-0.1, -0.05) is 61.9 Å². The quantitative estimate of drug-likeness (QED) is 0.113. The lowest BCUT2D eigenvalue weighted by atomic mass is 10.1. The lowest BCUT2D eigenvalue weighted by molar-refractivity contribution is -0.115. The SMILES string of the molecule is CCCCOC(=O)c1ccc(NC(=O)C(Sc2cccc(NC(=O)c3ccccc3F)c2)c2ccccc2)cc1. The summed E-state index contributed by atoms with van der Waals surface area (Å²) in [6.45, 7) is 2.40. The smallest absolute Gasteiger partial charge is 0.338 e. The minimum Gasteiger partial charge on any atom is -0.462 e. The molecular formula is C32H29FN2O4S. The van der Waals surface area contributed by atoms with Gasteiger partial charge in [0.2, 0.25) is 5.91 Å². The number of nitrogens with one attached hydrogen (secondary N) is 2. The summed E-state index contributed by atoms with van der Waals surface area (Å²) in [5.74, 6) is -1.82. The molecule has 2 amide bonds. The molecule has 0 spiro atoms. The standard InChI is InChI=1S/C32H29FN2O4S/c1-2-3-20-39-32(38)23-16-18-24(19-17-23)34-31(37)29(22-10-5-4-6-11-22)40-26-13-9-12-25(21-26)35-30(36)27-14-7-8-15-28(27)33/h4-19,21,29H,2-3,20H2,1H3,(H,34,37)(H,35,36). The molecule has 0 aliphatic carbocycles. The maximum absolute atomic E-state index is 14.0. The first-order chi connectivity index (χ1) is 19.4. The molecular weight excluding hydrogens is 527 g/mol. The summed E-state index contributed by atoms with van der Waals surface area (Å²) in [7, 11) is 0. The van der Waals surface area contributed by atoms with Crippen molar-refractivity contribution in [2.45, 2.75) is 29.9 Å². The molecule has 8 heteroatoms. The second-order valence-corrected chi connectivity index (χ2v) is 10.1. The van der Waals surface area contributed by atoms with Crippen LogP contribution in [0.1, 0.15) is 51.3 Å². The number of anilines is 2. The fourth-order valence-corrected chi connectivity index (χ4v) is 4.90. The van der Waals surface area contributed by atoms with Crippen molar-refractivity contribution in [1.29, 1.82) is 0 Å². The summed E-state index contributed by atoms with van der Waals surface area (Å²) in [6, 6.07) is 28.7. The minimum atomic E-state index is -0.614. The molecule has 1 atom stereocenters. The monoisotopic (exact) mass is 556 g/mol. The molecule has 4 aromatic rings. The predicted octanol–water partition coefficient (Wildman–Crippen LogP) is 7.51. The molecule has 0 aliphatic rings. The molecule has 0 aromatic heterocycles. The molecule has 4 aromatic carbocycles. The number of carbonyl (C=O) groups is 3. The molecule has 2 N–H and O–H groups in total. The third-order valence-corrected chi connectivity index (χ3v) is 7.17. The van der Waals surface area contributed by atoms with E-state index in [4.69, 9.17) is 4.74 Å². The van der Waals surface area contributed by atoms with Crippen LogP contribution in [-0.2, 0) is 9.53 Å². The number of carbonyl (C=O) groups excluding carboxylic acids is 3. The van der Waals surface area contributed by atoms with Crippen LogP contribution in [0.3, 0.4) is 0 Å². The normalized spacial score (nSPS) is 11.3. The molecule has 0 heterocycles. The molecule has 6 nitrogen and oxygen atoms in total. The van der Waals surface area contributed by atoms with Crippen molar-refractivity contribution in [3.05, 3.63) is 126 Å². The van der Waals surface area contributed by atoms with Crippen LogP contribution in [0.4, 0.5) is 15.8 Å². The van der Waals surface area contributed by atoms with E-state index in [0.717, 1.165) is 23.3 Å². The third kappa shape index (κ3) is 7.80. The van der Waals surface area contributed by atoms with Crippen molar-refractivity contribution in [2.24, 2.45) is 0 Å². The van der Waals surface area contributed by atoms with Gasteiger partial charge in [0.05, 0.1) is 17.7 Å². The summed E-state index contributed by atoms with van der Waals surface area (Å²) < 4.78 is 19.3. The van der Waals surface area contributed by atoms with E-state index in [0.29, 0.717) is 23.5 Å². The zero-order valence-electron chi connectivity index (χ0n) is 21.9. The maximum atomic E-state index is 14.0. The third-order valence-electron chi connectivity index (χ3n) is 5.92. The average molecular weight is 557 g/mol. The van der Waals surface area contributed by atoms with Crippen molar-refractivity contribution in [2.75, 3.05) is 17.2 Å². The average Bonchev–Trinajstić information content (AvgIpc) is 2.97. The molecule has 0 radical (unpaired) electrons. The number of unbranched alkanes of at least 4 members (excludes halogenated alkanes) is 1. The molecule has 40 heavy (non-hydrogen) atoms. The van der Waals surface area contributed by atoms with Crippen molar-refractivity contribution >= 4 is 40.9 Å². The Morgan fingerprint density at radius 3 is 2.27 bits per heavy atom. The number of amides is 2. The lowest BCUT2D eigenvalue weighted by Crippen LogP contribution is -2.19. The molecule has 0 aliphatic heterocycles. The van der Waals surface area contributed by atoms with E-state index in [2.05, 4.69) is 10.6 Å². The van der Waals surface area contributed by atoms with Crippen LogP contribution in [0.5, 0.6) is 0 Å². The van der Waals surface area contributed by atoms with E-state index in [1.165, 1.54) is 30.0 Å². The van der Waals surface area contributed by atoms with Gasteiger partial charge in [0.1, 0.15) is 11.1 Å². The largest absolute Gasteiger partial charge is 0.462 e. The molecule has 204 valence electrons. The number of thioether (sulfide) groups is 1. The molecule has 0 saturated heterocycles. The minimum absolute atomic E-state index is 0.0534. The molecule has 1 unspecified atom stereocenters. The molecule has 0 bridgehead atoms. The fourth-order valence-electron chi connectivity index (χ4n) is 3.82. The van der Waals surface area contributed by atoms with Crippen LogP contribution in [-0.4, -0.2) is 24.4 Å². The molecule has 4 rings (SSSR count). The highest BCUT2D eigenvalue weighted by Gasteiger charge is 2.23. The first kappa shape index (κ1) is 28.6. The number of hydrogen-bond donors (Lipinski definition) is 2. The summed E-state index contributed by atoms with van der Waals surface area (Å²) in [4.78, 5) is 39.0. The van der Waals surface area contributed by atoms with Crippen molar-refractivity contribution in [3.63, 3.8) is 0 Å². The van der Waals surface area contributed by atoms with Gasteiger partial charge in [-0.05, 0) is 66.6 Å². The molecule has 0 fully saturated rings. The maximum Gasteiger partial charge on any atom is 0.338 e. The number of halogens is 1. The van der Waals surface area contributed by atoms with Gasteiger partial charge in [-0.3, -0.25) is 9.59 Å². The number of ether oxygens (including phenoxy) is 1. The van der Waals surface area contributed by atoms with Gasteiger partial charge in [-0.15, -0.1) is 11.8 Å². The van der Waals surface area contributed by atoms with Gasteiger partial charge < -0.3 is 15.4 Å². The number of hydrogen-bond acceptors (Lipinski definition) is 5. The van der Waals surface area contributed by atoms with E-state index in [1.54, 1.807) is 48.5 Å². The van der Waals surface area contributed by atoms with Gasteiger partial charge in [0, 0.05) is 16.3 Å². The van der Waals surface area contributed by atoms with Crippen LogP contribution < -0.4 is 10.6 Å². The van der Waals surface area contributed by atoms with Gasteiger partial charge in [-0.25, -0.2) is 9.18 Å². The Morgan fingerprint density at radius 1 is 0.825 bits per heavy atom. The Kier molecular flexibility index (Phi) is 10.1. The van der Waals surface area contributed by atoms with Crippen LogP contribution in [0.2, 0.25) is 0 Å². The fraction of sp³-hybridized carbons (Fsp3) is 0.156. The Balaban J connectivity index is 1.48. The van der Waals surface area contributed by atoms with Gasteiger partial charge >= 0.3 is 5.97 Å². The highest BCUT2D eigenvalue weighted by atomic mass is 32.2. The van der Waals surface area contributed by atoms with Crippen LogP contribution >= 0.6 is 11.8 Å². The van der Waals surface area contributed by atoms with E-state index in [-0.39, 0.29) is 11.5 Å². The summed E-state index contributed by atoms with van der Waals surface area (Å²) in [5.41, 5.74) is 2.18. The van der Waals surface area contributed by atoms with Gasteiger partial charge in [0.15, 0.2) is 0 Å². The Labute approximate surface area is 237 Å². The van der Waals surface area contributed by atoms with Crippen LogP contribution in [0.15, 0.2) is 108 Å². The number of benzene rings is 4. The number of rotatable bonds is 11. The van der Waals surface area contributed by atoms with Crippen LogP contribution in [0.25, 0.3) is 0 Å². The van der Waals surface area contributed by atoms with E-state index >= 15 is 0 Å². The molecule has 0 saturated carbocycles. The van der Waals surface area contributed by atoms with Crippen molar-refractivity contribution in [1.82, 2.24) is 0 Å². The van der Waals surface area contributed by atoms with E-state index in [9.17, 15) is 18.8 Å². The second kappa shape index (κ2) is 14.1. The zero-order chi connectivity index (χ0) is 28.3. The van der Waals surface area contributed by atoms with Crippen LogP contribution in [0, 0.1) is 5.82 Å². The van der Waals surface area contributed by atoms with E-state index in [1.807, 2.05) is 43.3 Å². The van der Waals surface area contributed by atoms with Gasteiger partial charge in [0.25, 0.3) is 5.91 Å². The topological polar surface area (TPSA) is 84.5 Å². The van der Waals surface area contributed by atoms with Crippen molar-refractivity contribution in [3.8, 4) is 0 Å². The first-order valence-corrected chi connectivity index (χ1v) is 13.8. The summed E-state index contributed by atoms with van der Waals surface area (Å²) in [5, 5.41) is 5.04. The van der Waals surface area contributed by atoms with Crippen molar-refractivity contribution < 1.29 is 23.5 Å². The van der Waals surface area contributed by atoms with E-state index < -0.39 is 22.9 Å². The summed E-state index contributed by atoms with van der Waals surface area (Å²) in [6.07, 6.45) is 1.74. The second-order valence-electron chi connectivity index (χ2n) is 8.93. The first-order valence-electron chi connectivity index (χ1n) is 12.9. The Hall–Kier alpha value is -4.43. The summed E-state index contributed by atoms with van der Waals surface area (Å²) >= 11 is 1.32.